The summed E-state index contributed by atoms with van der Waals surface area (Å²) in [7, 11) is 0. The maximum absolute atomic E-state index is 11.0. The number of rotatable bonds is 1. The van der Waals surface area contributed by atoms with E-state index in [0.29, 0.717) is 6.54 Å². The predicted octanol–water partition coefficient (Wildman–Crippen LogP) is 1.52. The Morgan fingerprint density at radius 2 is 2.36 bits per heavy atom. The minimum atomic E-state index is -0.233. The zero-order valence-corrected chi connectivity index (χ0v) is 9.17. The number of nitrogens with one attached hydrogen (secondary N) is 1. The van der Waals surface area contributed by atoms with Gasteiger partial charge in [0.25, 0.3) is 0 Å². The van der Waals surface area contributed by atoms with Gasteiger partial charge < -0.3 is 11.1 Å². The van der Waals surface area contributed by atoms with Crippen molar-refractivity contribution in [3.63, 3.8) is 0 Å². The van der Waals surface area contributed by atoms with Gasteiger partial charge in [-0.3, -0.25) is 4.79 Å². The van der Waals surface area contributed by atoms with Crippen molar-refractivity contribution in [2.24, 2.45) is 11.7 Å². The first kappa shape index (κ1) is 9.52. The molecule has 1 aromatic rings. The van der Waals surface area contributed by atoms with Gasteiger partial charge in [-0.05, 0) is 34.0 Å². The molecule has 0 bridgehead atoms. The molecule has 0 radical (unpaired) electrons. The van der Waals surface area contributed by atoms with E-state index in [9.17, 15) is 4.79 Å². The van der Waals surface area contributed by atoms with Crippen LogP contribution in [0.15, 0.2) is 22.7 Å². The van der Waals surface area contributed by atoms with Crippen LogP contribution in [0.2, 0.25) is 0 Å². The first-order valence-corrected chi connectivity index (χ1v) is 5.28. The van der Waals surface area contributed by atoms with E-state index in [4.69, 9.17) is 5.73 Å². The van der Waals surface area contributed by atoms with Crippen molar-refractivity contribution in [2.45, 2.75) is 6.42 Å². The third kappa shape index (κ3) is 1.62. The fourth-order valence-electron chi connectivity index (χ4n) is 1.70. The molecule has 4 heteroatoms. The number of nitrogens with two attached hydrogens (primary N) is 1. The molecule has 3 N–H and O–H groups in total. The van der Waals surface area contributed by atoms with Crippen molar-refractivity contribution in [2.75, 3.05) is 11.9 Å². The maximum atomic E-state index is 11.0. The SMILES string of the molecule is NC(=O)C1CNc2c(Br)cccc2C1. The number of halogens is 1. The van der Waals surface area contributed by atoms with E-state index in [0.717, 1.165) is 22.1 Å². The lowest BCUT2D eigenvalue weighted by atomic mass is 9.94. The van der Waals surface area contributed by atoms with E-state index in [1.165, 1.54) is 0 Å². The predicted molar refractivity (Wildman–Crippen MR) is 59.0 cm³/mol. The van der Waals surface area contributed by atoms with E-state index in [-0.39, 0.29) is 11.8 Å². The Morgan fingerprint density at radius 3 is 3.07 bits per heavy atom. The molecule has 1 aliphatic rings. The Balaban J connectivity index is 2.31. The highest BCUT2D eigenvalue weighted by Gasteiger charge is 2.23. The average Bonchev–Trinajstić information content (AvgIpc) is 2.17. The van der Waals surface area contributed by atoms with Crippen LogP contribution in [0, 0.1) is 5.92 Å². The summed E-state index contributed by atoms with van der Waals surface area (Å²) in [6.07, 6.45) is 0.733. The van der Waals surface area contributed by atoms with Gasteiger partial charge in [0.1, 0.15) is 0 Å². The largest absolute Gasteiger partial charge is 0.383 e. The number of para-hydroxylation sites is 1. The molecule has 2 rings (SSSR count). The standard InChI is InChI=1S/C10H11BrN2O/c11-8-3-1-2-6-4-7(10(12)14)5-13-9(6)8/h1-3,7,13H,4-5H2,(H2,12,14). The minimum Gasteiger partial charge on any atom is -0.383 e. The summed E-state index contributed by atoms with van der Waals surface area (Å²) in [5.74, 6) is -0.320. The van der Waals surface area contributed by atoms with Gasteiger partial charge in [0.2, 0.25) is 5.91 Å². The third-order valence-electron chi connectivity index (χ3n) is 2.49. The maximum Gasteiger partial charge on any atom is 0.222 e. The molecule has 14 heavy (non-hydrogen) atoms. The molecule has 1 aliphatic heterocycles. The molecule has 0 aromatic heterocycles. The van der Waals surface area contributed by atoms with Gasteiger partial charge in [-0.2, -0.15) is 0 Å². The minimum absolute atomic E-state index is 0.0863. The number of primary amides is 1. The summed E-state index contributed by atoms with van der Waals surface area (Å²) in [5.41, 5.74) is 7.51. The molecule has 0 saturated heterocycles. The number of fused-ring (bicyclic) bond motifs is 1. The summed E-state index contributed by atoms with van der Waals surface area (Å²) in [6, 6.07) is 5.96. The number of carbonyl (C=O) groups excluding carboxylic acids is 1. The first-order chi connectivity index (χ1) is 6.68. The second-order valence-corrected chi connectivity index (χ2v) is 4.31. The van der Waals surface area contributed by atoms with Crippen molar-refractivity contribution in [3.8, 4) is 0 Å². The van der Waals surface area contributed by atoms with Gasteiger partial charge in [-0.15, -0.1) is 0 Å². The third-order valence-corrected chi connectivity index (χ3v) is 3.15. The number of benzene rings is 1. The number of amides is 1. The van der Waals surface area contributed by atoms with Gasteiger partial charge in [-0.1, -0.05) is 12.1 Å². The highest BCUT2D eigenvalue weighted by molar-refractivity contribution is 9.10. The summed E-state index contributed by atoms with van der Waals surface area (Å²) in [4.78, 5) is 11.0. The van der Waals surface area contributed by atoms with Crippen LogP contribution in [0.3, 0.4) is 0 Å². The van der Waals surface area contributed by atoms with Gasteiger partial charge >= 0.3 is 0 Å². The van der Waals surface area contributed by atoms with Gasteiger partial charge in [0.15, 0.2) is 0 Å². The quantitative estimate of drug-likeness (QED) is 0.799. The highest BCUT2D eigenvalue weighted by atomic mass is 79.9. The molecule has 0 spiro atoms. The Morgan fingerprint density at radius 1 is 1.57 bits per heavy atom. The second kappa shape index (κ2) is 3.61. The van der Waals surface area contributed by atoms with Crippen molar-refractivity contribution in [3.05, 3.63) is 28.2 Å². The molecule has 1 unspecified atom stereocenters. The molecule has 1 amide bonds. The van der Waals surface area contributed by atoms with E-state index in [1.807, 2.05) is 18.2 Å². The fourth-order valence-corrected chi connectivity index (χ4v) is 2.25. The molecule has 3 nitrogen and oxygen atoms in total. The monoisotopic (exact) mass is 254 g/mol. The highest BCUT2D eigenvalue weighted by Crippen LogP contribution is 2.31. The lowest BCUT2D eigenvalue weighted by molar-refractivity contribution is -0.121. The van der Waals surface area contributed by atoms with E-state index in [2.05, 4.69) is 21.2 Å². The Labute approximate surface area is 90.8 Å². The zero-order valence-electron chi connectivity index (χ0n) is 7.59. The summed E-state index contributed by atoms with van der Waals surface area (Å²) >= 11 is 3.46. The van der Waals surface area contributed by atoms with Crippen LogP contribution in [-0.4, -0.2) is 12.5 Å². The number of hydrogen-bond acceptors (Lipinski definition) is 2. The van der Waals surface area contributed by atoms with Crippen LogP contribution in [-0.2, 0) is 11.2 Å². The summed E-state index contributed by atoms with van der Waals surface area (Å²) in [6.45, 7) is 0.630. The smallest absolute Gasteiger partial charge is 0.222 e. The van der Waals surface area contributed by atoms with Crippen LogP contribution in [0.1, 0.15) is 5.56 Å². The van der Waals surface area contributed by atoms with Crippen molar-refractivity contribution >= 4 is 27.5 Å². The molecule has 0 saturated carbocycles. The zero-order chi connectivity index (χ0) is 10.1. The van der Waals surface area contributed by atoms with Crippen LogP contribution >= 0.6 is 15.9 Å². The van der Waals surface area contributed by atoms with E-state index >= 15 is 0 Å². The van der Waals surface area contributed by atoms with Gasteiger partial charge in [0, 0.05) is 11.0 Å². The molecule has 0 aliphatic carbocycles. The molecular weight excluding hydrogens is 244 g/mol. The molecule has 1 heterocycles. The Hall–Kier alpha value is -1.03. The number of carbonyl (C=O) groups is 1. The van der Waals surface area contributed by atoms with Crippen LogP contribution in [0.25, 0.3) is 0 Å². The summed E-state index contributed by atoms with van der Waals surface area (Å²) < 4.78 is 1.04. The van der Waals surface area contributed by atoms with Gasteiger partial charge in [0.05, 0.1) is 11.6 Å². The first-order valence-electron chi connectivity index (χ1n) is 4.49. The van der Waals surface area contributed by atoms with Crippen molar-refractivity contribution in [1.82, 2.24) is 0 Å². The van der Waals surface area contributed by atoms with Crippen molar-refractivity contribution < 1.29 is 4.79 Å². The number of anilines is 1. The van der Waals surface area contributed by atoms with E-state index in [1.54, 1.807) is 0 Å². The Bertz CT molecular complexity index is 378. The van der Waals surface area contributed by atoms with Gasteiger partial charge in [-0.25, -0.2) is 0 Å². The lowest BCUT2D eigenvalue weighted by Crippen LogP contribution is -2.34. The molecule has 1 atom stereocenters. The fraction of sp³-hybridized carbons (Fsp3) is 0.300. The molecule has 74 valence electrons. The van der Waals surface area contributed by atoms with E-state index < -0.39 is 0 Å². The number of hydrogen-bond donors (Lipinski definition) is 2. The second-order valence-electron chi connectivity index (χ2n) is 3.46. The normalized spacial score (nSPS) is 19.6. The topological polar surface area (TPSA) is 55.1 Å². The average molecular weight is 255 g/mol. The molecule has 1 aromatic carbocycles. The molecular formula is C10H11BrN2O. The summed E-state index contributed by atoms with van der Waals surface area (Å²) in [5, 5.41) is 3.21. The van der Waals surface area contributed by atoms with Crippen LogP contribution < -0.4 is 11.1 Å². The van der Waals surface area contributed by atoms with Crippen LogP contribution in [0.5, 0.6) is 0 Å². The van der Waals surface area contributed by atoms with Crippen LogP contribution in [0.4, 0.5) is 5.69 Å². The molecule has 0 fully saturated rings. The lowest BCUT2D eigenvalue weighted by Gasteiger charge is -2.24. The van der Waals surface area contributed by atoms with Crippen molar-refractivity contribution in [1.29, 1.82) is 0 Å². The Kier molecular flexibility index (Phi) is 2.46.